The quantitative estimate of drug-likeness (QED) is 0.837. The Morgan fingerprint density at radius 2 is 1.37 bits per heavy atom. The van der Waals surface area contributed by atoms with Gasteiger partial charge in [-0.2, -0.15) is 0 Å². The largest absolute Gasteiger partial charge is 0.493 e. The second kappa shape index (κ2) is 7.96. The Kier molecular flexibility index (Phi) is 5.65. The van der Waals surface area contributed by atoms with Gasteiger partial charge in [0.25, 0.3) is 0 Å². The first-order valence-corrected chi connectivity index (χ1v) is 8.95. The van der Waals surface area contributed by atoms with Gasteiger partial charge in [-0.05, 0) is 29.8 Å². The van der Waals surface area contributed by atoms with Crippen molar-refractivity contribution in [2.24, 2.45) is 0 Å². The van der Waals surface area contributed by atoms with Crippen LogP contribution in [0.3, 0.4) is 0 Å². The highest BCUT2D eigenvalue weighted by atomic mass is 16.5. The van der Waals surface area contributed by atoms with Crippen molar-refractivity contribution in [3.05, 3.63) is 41.0 Å². The Bertz CT molecular complexity index is 821. The van der Waals surface area contributed by atoms with Crippen molar-refractivity contribution in [2.45, 2.75) is 12.5 Å². The number of likely N-dealkylation sites (N-methyl/N-ethyl adjacent to an activating group) is 1. The van der Waals surface area contributed by atoms with E-state index in [0.29, 0.717) is 17.2 Å². The van der Waals surface area contributed by atoms with Gasteiger partial charge in [-0.25, -0.2) is 0 Å². The third-order valence-electron chi connectivity index (χ3n) is 5.28. The van der Waals surface area contributed by atoms with Gasteiger partial charge in [0.1, 0.15) is 6.04 Å². The summed E-state index contributed by atoms with van der Waals surface area (Å²) in [6.07, 6.45) is 0.980. The van der Waals surface area contributed by atoms with Crippen LogP contribution in [0, 0.1) is 0 Å². The van der Waals surface area contributed by atoms with Crippen LogP contribution in [0.15, 0.2) is 24.3 Å². The fraction of sp³-hybridized carbons (Fsp3) is 0.429. The summed E-state index contributed by atoms with van der Waals surface area (Å²) in [6.45, 7) is 1.00. The molecule has 146 valence electrons. The summed E-state index contributed by atoms with van der Waals surface area (Å²) in [5.41, 5.74) is 3.53. The van der Waals surface area contributed by atoms with Crippen molar-refractivity contribution >= 4 is 0 Å². The summed E-state index contributed by atoms with van der Waals surface area (Å²) in [5, 5.41) is 0. The third kappa shape index (κ3) is 3.25. The van der Waals surface area contributed by atoms with Gasteiger partial charge in [-0.1, -0.05) is 0 Å². The molecule has 0 spiro atoms. The molecule has 0 saturated heterocycles. The molecule has 0 bridgehead atoms. The summed E-state index contributed by atoms with van der Waals surface area (Å²) in [6, 6.07) is 8.24. The Morgan fingerprint density at radius 3 is 1.96 bits per heavy atom. The predicted octanol–water partition coefficient (Wildman–Crippen LogP) is 1.89. The first kappa shape index (κ1) is 19.2. The minimum absolute atomic E-state index is 0.0864. The lowest BCUT2D eigenvalue weighted by Gasteiger charge is -2.33. The average Bonchev–Trinajstić information content (AvgIpc) is 2.71. The van der Waals surface area contributed by atoms with E-state index in [-0.39, 0.29) is 6.04 Å². The maximum atomic E-state index is 5.75. The molecule has 0 saturated carbocycles. The van der Waals surface area contributed by atoms with Gasteiger partial charge in [0.15, 0.2) is 23.0 Å². The molecule has 2 aromatic carbocycles. The fourth-order valence-corrected chi connectivity index (χ4v) is 3.95. The number of ether oxygens (including phenoxy) is 5. The van der Waals surface area contributed by atoms with Gasteiger partial charge in [-0.3, -0.25) is 0 Å². The van der Waals surface area contributed by atoms with Gasteiger partial charge in [0, 0.05) is 12.0 Å². The topological polar surface area (TPSA) is 50.6 Å². The van der Waals surface area contributed by atoms with Gasteiger partial charge < -0.3 is 28.6 Å². The molecule has 0 aromatic heterocycles. The standard InChI is InChI=1S/C21H27NO5/c1-22-10-9-13-11-17(24-3)18(25-4)12-15(13)19(22)14-7-8-16(23-2)21(27-6)20(14)26-5/h7-8,11-12,19H,9-10H2,1-6H3/p+1/t19-/m0/s1. The lowest BCUT2D eigenvalue weighted by Crippen LogP contribution is -3.10. The maximum absolute atomic E-state index is 5.75. The zero-order chi connectivity index (χ0) is 19.6. The molecular formula is C21H28NO5+. The second-order valence-corrected chi connectivity index (χ2v) is 6.61. The van der Waals surface area contributed by atoms with Gasteiger partial charge in [0.2, 0.25) is 5.75 Å². The van der Waals surface area contributed by atoms with Crippen LogP contribution in [0.4, 0.5) is 0 Å². The number of hydrogen-bond acceptors (Lipinski definition) is 5. The molecule has 1 heterocycles. The van der Waals surface area contributed by atoms with Crippen LogP contribution in [-0.4, -0.2) is 49.1 Å². The number of benzene rings is 2. The number of methoxy groups -OCH3 is 5. The molecule has 3 rings (SSSR count). The summed E-state index contributed by atoms with van der Waals surface area (Å²) in [7, 11) is 10.4. The van der Waals surface area contributed by atoms with E-state index in [4.69, 9.17) is 23.7 Å². The highest BCUT2D eigenvalue weighted by Crippen LogP contribution is 2.44. The average molecular weight is 374 g/mol. The molecule has 27 heavy (non-hydrogen) atoms. The SMILES string of the molecule is COc1cc2c(cc1OC)[C@H](c1ccc(OC)c(OC)c1OC)[NH+](C)CC2. The van der Waals surface area contributed by atoms with Crippen LogP contribution in [0.25, 0.3) is 0 Å². The zero-order valence-corrected chi connectivity index (χ0v) is 16.8. The molecule has 2 aromatic rings. The lowest BCUT2D eigenvalue weighted by atomic mass is 9.87. The van der Waals surface area contributed by atoms with Crippen LogP contribution >= 0.6 is 0 Å². The van der Waals surface area contributed by atoms with E-state index in [1.54, 1.807) is 35.5 Å². The maximum Gasteiger partial charge on any atom is 0.203 e. The fourth-order valence-electron chi connectivity index (χ4n) is 3.95. The Balaban J connectivity index is 2.21. The van der Waals surface area contributed by atoms with Crippen LogP contribution in [-0.2, 0) is 6.42 Å². The molecular weight excluding hydrogens is 346 g/mol. The first-order valence-electron chi connectivity index (χ1n) is 8.95. The summed E-state index contributed by atoms with van der Waals surface area (Å²) in [5.74, 6) is 3.45. The Morgan fingerprint density at radius 1 is 0.741 bits per heavy atom. The Labute approximate surface area is 160 Å². The molecule has 0 radical (unpaired) electrons. The van der Waals surface area contributed by atoms with E-state index >= 15 is 0 Å². The molecule has 6 heteroatoms. The zero-order valence-electron chi connectivity index (χ0n) is 16.8. The molecule has 0 fully saturated rings. The van der Waals surface area contributed by atoms with Crippen molar-refractivity contribution < 1.29 is 28.6 Å². The normalized spacial score (nSPS) is 18.4. The Hall–Kier alpha value is -2.60. The van der Waals surface area contributed by atoms with E-state index in [1.807, 2.05) is 6.07 Å². The van der Waals surface area contributed by atoms with Gasteiger partial charge in [-0.15, -0.1) is 0 Å². The van der Waals surface area contributed by atoms with Crippen LogP contribution < -0.4 is 28.6 Å². The van der Waals surface area contributed by atoms with E-state index in [9.17, 15) is 0 Å². The van der Waals surface area contributed by atoms with E-state index in [0.717, 1.165) is 30.0 Å². The van der Waals surface area contributed by atoms with Gasteiger partial charge >= 0.3 is 0 Å². The third-order valence-corrected chi connectivity index (χ3v) is 5.28. The van der Waals surface area contributed by atoms with E-state index in [2.05, 4.69) is 25.2 Å². The van der Waals surface area contributed by atoms with Crippen LogP contribution in [0.5, 0.6) is 28.7 Å². The molecule has 0 aliphatic carbocycles. The molecule has 2 atom stereocenters. The van der Waals surface area contributed by atoms with Crippen molar-refractivity contribution in [3.63, 3.8) is 0 Å². The number of nitrogens with one attached hydrogen (secondary N) is 1. The van der Waals surface area contributed by atoms with Crippen molar-refractivity contribution in [3.8, 4) is 28.7 Å². The van der Waals surface area contributed by atoms with Crippen molar-refractivity contribution in [2.75, 3.05) is 49.1 Å². The molecule has 1 unspecified atom stereocenters. The van der Waals surface area contributed by atoms with E-state index < -0.39 is 0 Å². The molecule has 6 nitrogen and oxygen atoms in total. The molecule has 0 amide bonds. The number of hydrogen-bond donors (Lipinski definition) is 1. The predicted molar refractivity (Wildman–Crippen MR) is 103 cm³/mol. The summed E-state index contributed by atoms with van der Waals surface area (Å²) < 4.78 is 27.8. The monoisotopic (exact) mass is 374 g/mol. The minimum Gasteiger partial charge on any atom is -0.493 e. The highest BCUT2D eigenvalue weighted by Gasteiger charge is 2.35. The molecule has 1 aliphatic rings. The number of fused-ring (bicyclic) bond motifs is 1. The summed E-state index contributed by atoms with van der Waals surface area (Å²) in [4.78, 5) is 1.38. The van der Waals surface area contributed by atoms with E-state index in [1.165, 1.54) is 16.0 Å². The number of rotatable bonds is 6. The number of quaternary nitrogens is 1. The second-order valence-electron chi connectivity index (χ2n) is 6.61. The highest BCUT2D eigenvalue weighted by molar-refractivity contribution is 5.59. The van der Waals surface area contributed by atoms with Crippen molar-refractivity contribution in [1.82, 2.24) is 0 Å². The summed E-state index contributed by atoms with van der Waals surface area (Å²) >= 11 is 0. The van der Waals surface area contributed by atoms with Crippen LogP contribution in [0.1, 0.15) is 22.7 Å². The molecule has 1 aliphatic heterocycles. The first-order chi connectivity index (χ1) is 13.1. The lowest BCUT2D eigenvalue weighted by molar-refractivity contribution is -0.908. The molecule has 1 N–H and O–H groups in total. The van der Waals surface area contributed by atoms with Crippen LogP contribution in [0.2, 0.25) is 0 Å². The minimum atomic E-state index is 0.0864. The van der Waals surface area contributed by atoms with Crippen molar-refractivity contribution in [1.29, 1.82) is 0 Å². The smallest absolute Gasteiger partial charge is 0.203 e. The van der Waals surface area contributed by atoms with Gasteiger partial charge in [0.05, 0.1) is 54.7 Å².